The average Bonchev–Trinajstić information content (AvgIpc) is 2.33. The van der Waals surface area contributed by atoms with E-state index in [9.17, 15) is 0 Å². The van der Waals surface area contributed by atoms with E-state index >= 15 is 0 Å². The molecule has 0 fully saturated rings. The number of rotatable bonds is 7. The molecule has 0 bridgehead atoms. The molecule has 0 heterocycles. The predicted molar refractivity (Wildman–Crippen MR) is 89.0 cm³/mol. The monoisotopic (exact) mass is 279 g/mol. The normalized spacial score (nSPS) is 13.6. The summed E-state index contributed by atoms with van der Waals surface area (Å²) >= 11 is 2.04. The van der Waals surface area contributed by atoms with Gasteiger partial charge in [-0.3, -0.25) is 0 Å². The van der Waals surface area contributed by atoms with Gasteiger partial charge in [0.05, 0.1) is 0 Å². The fourth-order valence-electron chi connectivity index (χ4n) is 1.99. The van der Waals surface area contributed by atoms with Gasteiger partial charge in [-0.25, -0.2) is 0 Å². The lowest BCUT2D eigenvalue weighted by atomic mass is 10.0. The van der Waals surface area contributed by atoms with Crippen molar-refractivity contribution in [3.8, 4) is 0 Å². The fraction of sp³-hybridized carbons (Fsp3) is 0.647. The maximum atomic E-state index is 3.65. The summed E-state index contributed by atoms with van der Waals surface area (Å²) in [5.41, 5.74) is 4.44. The molecule has 0 saturated heterocycles. The second-order valence-corrected chi connectivity index (χ2v) is 7.66. The van der Waals surface area contributed by atoms with Crippen molar-refractivity contribution >= 4 is 11.8 Å². The Morgan fingerprint density at radius 1 is 1.16 bits per heavy atom. The maximum absolute atomic E-state index is 3.65. The molecular weight excluding hydrogens is 250 g/mol. The van der Waals surface area contributed by atoms with E-state index in [0.29, 0.717) is 5.25 Å². The van der Waals surface area contributed by atoms with Crippen molar-refractivity contribution < 1.29 is 0 Å². The van der Waals surface area contributed by atoms with Crippen molar-refractivity contribution in [2.45, 2.75) is 64.5 Å². The smallest absolute Gasteiger partial charge is 0.0187 e. The third-order valence-electron chi connectivity index (χ3n) is 3.57. The van der Waals surface area contributed by atoms with Crippen molar-refractivity contribution in [2.24, 2.45) is 0 Å². The average molecular weight is 279 g/mol. The summed E-state index contributed by atoms with van der Waals surface area (Å²) < 4.78 is 0. The van der Waals surface area contributed by atoms with Gasteiger partial charge in [-0.1, -0.05) is 43.2 Å². The van der Waals surface area contributed by atoms with Crippen LogP contribution in [-0.4, -0.2) is 17.3 Å². The van der Waals surface area contributed by atoms with Gasteiger partial charge in [-0.05, 0) is 39.7 Å². The van der Waals surface area contributed by atoms with Crippen LogP contribution in [0, 0.1) is 13.8 Å². The molecule has 0 radical (unpaired) electrons. The van der Waals surface area contributed by atoms with Gasteiger partial charge in [0.2, 0.25) is 0 Å². The summed E-state index contributed by atoms with van der Waals surface area (Å²) in [7, 11) is 0. The van der Waals surface area contributed by atoms with Crippen LogP contribution in [0.25, 0.3) is 0 Å². The minimum atomic E-state index is 0.259. The Morgan fingerprint density at radius 3 is 2.26 bits per heavy atom. The number of aryl methyl sites for hydroxylation is 2. The number of benzene rings is 1. The lowest BCUT2D eigenvalue weighted by Crippen LogP contribution is -2.41. The Hall–Kier alpha value is -0.470. The summed E-state index contributed by atoms with van der Waals surface area (Å²) in [5.74, 6) is 1.11. The van der Waals surface area contributed by atoms with Crippen LogP contribution in [0.15, 0.2) is 18.2 Å². The van der Waals surface area contributed by atoms with E-state index in [1.165, 1.54) is 23.1 Å². The summed E-state index contributed by atoms with van der Waals surface area (Å²) in [5, 5.41) is 4.29. The molecule has 1 N–H and O–H groups in total. The van der Waals surface area contributed by atoms with E-state index in [0.717, 1.165) is 12.3 Å². The maximum Gasteiger partial charge on any atom is 0.0187 e. The number of nitrogens with one attached hydrogen (secondary N) is 1. The number of thioether (sulfide) groups is 1. The molecule has 0 aliphatic carbocycles. The van der Waals surface area contributed by atoms with Gasteiger partial charge in [0, 0.05) is 23.1 Å². The second kappa shape index (κ2) is 7.35. The van der Waals surface area contributed by atoms with Crippen LogP contribution in [-0.2, 0) is 5.75 Å². The third-order valence-corrected chi connectivity index (χ3v) is 4.80. The van der Waals surface area contributed by atoms with Crippen LogP contribution >= 0.6 is 11.8 Å². The van der Waals surface area contributed by atoms with Gasteiger partial charge >= 0.3 is 0 Å². The Balaban J connectivity index is 2.39. The van der Waals surface area contributed by atoms with Crippen molar-refractivity contribution in [2.75, 3.05) is 6.54 Å². The van der Waals surface area contributed by atoms with Crippen molar-refractivity contribution in [1.82, 2.24) is 5.32 Å². The topological polar surface area (TPSA) is 12.0 Å². The molecule has 1 aromatic carbocycles. The van der Waals surface area contributed by atoms with Gasteiger partial charge in [0.25, 0.3) is 0 Å². The highest BCUT2D eigenvalue weighted by atomic mass is 32.2. The molecule has 0 amide bonds. The summed E-state index contributed by atoms with van der Waals surface area (Å²) in [6, 6.07) is 6.84. The lowest BCUT2D eigenvalue weighted by Gasteiger charge is -2.26. The highest BCUT2D eigenvalue weighted by Gasteiger charge is 2.15. The van der Waals surface area contributed by atoms with Crippen LogP contribution in [0.3, 0.4) is 0 Å². The Labute approximate surface area is 123 Å². The minimum absolute atomic E-state index is 0.259. The van der Waals surface area contributed by atoms with Crippen LogP contribution in [0.1, 0.15) is 50.8 Å². The molecule has 0 spiro atoms. The molecule has 1 nitrogen and oxygen atoms in total. The first kappa shape index (κ1) is 16.6. The van der Waals surface area contributed by atoms with Gasteiger partial charge in [0.15, 0.2) is 0 Å². The molecule has 108 valence electrons. The quantitative estimate of drug-likeness (QED) is 0.776. The molecule has 0 aliphatic rings. The summed E-state index contributed by atoms with van der Waals surface area (Å²) in [4.78, 5) is 0. The van der Waals surface area contributed by atoms with E-state index in [1.54, 1.807) is 0 Å². The predicted octanol–water partition coefficient (Wildman–Crippen LogP) is 4.70. The molecule has 0 aromatic heterocycles. The molecule has 2 heteroatoms. The molecule has 1 atom stereocenters. The lowest BCUT2D eigenvalue weighted by molar-refractivity contribution is 0.379. The number of hydrogen-bond acceptors (Lipinski definition) is 2. The van der Waals surface area contributed by atoms with Crippen molar-refractivity contribution in [3.05, 3.63) is 34.9 Å². The Bertz CT molecular complexity index is 378. The highest BCUT2D eigenvalue weighted by Crippen LogP contribution is 2.20. The molecule has 0 saturated carbocycles. The molecule has 0 aliphatic heterocycles. The summed E-state index contributed by atoms with van der Waals surface area (Å²) in [6.07, 6.45) is 1.17. The molecular formula is C17H29NS. The van der Waals surface area contributed by atoms with Gasteiger partial charge in [-0.15, -0.1) is 0 Å². The molecule has 1 unspecified atom stereocenters. The van der Waals surface area contributed by atoms with Gasteiger partial charge in [-0.2, -0.15) is 11.8 Å². The van der Waals surface area contributed by atoms with Crippen molar-refractivity contribution in [3.63, 3.8) is 0 Å². The van der Waals surface area contributed by atoms with Gasteiger partial charge in [0.1, 0.15) is 0 Å². The zero-order valence-corrected chi connectivity index (χ0v) is 14.2. The largest absolute Gasteiger partial charge is 0.311 e. The van der Waals surface area contributed by atoms with Gasteiger partial charge < -0.3 is 5.32 Å². The Morgan fingerprint density at radius 2 is 1.74 bits per heavy atom. The van der Waals surface area contributed by atoms with Crippen LogP contribution < -0.4 is 5.32 Å². The second-order valence-electron chi connectivity index (χ2n) is 6.24. The van der Waals surface area contributed by atoms with Crippen LogP contribution in [0.2, 0.25) is 0 Å². The van der Waals surface area contributed by atoms with Crippen LogP contribution in [0.4, 0.5) is 0 Å². The van der Waals surface area contributed by atoms with E-state index in [2.05, 4.69) is 65.1 Å². The van der Waals surface area contributed by atoms with Crippen LogP contribution in [0.5, 0.6) is 0 Å². The molecule has 19 heavy (non-hydrogen) atoms. The zero-order chi connectivity index (χ0) is 14.5. The van der Waals surface area contributed by atoms with Crippen molar-refractivity contribution in [1.29, 1.82) is 0 Å². The van der Waals surface area contributed by atoms with E-state index in [4.69, 9.17) is 0 Å². The first-order valence-electron chi connectivity index (χ1n) is 7.26. The number of hydrogen-bond donors (Lipinski definition) is 1. The summed E-state index contributed by atoms with van der Waals surface area (Å²) in [6.45, 7) is 14.5. The molecule has 1 aromatic rings. The molecule has 1 rings (SSSR count). The highest BCUT2D eigenvalue weighted by molar-refractivity contribution is 7.99. The zero-order valence-electron chi connectivity index (χ0n) is 13.3. The first-order chi connectivity index (χ1) is 8.82. The first-order valence-corrected chi connectivity index (χ1v) is 8.31. The fourth-order valence-corrected chi connectivity index (χ4v) is 2.84. The van der Waals surface area contributed by atoms with E-state index < -0.39 is 0 Å². The third kappa shape index (κ3) is 6.49. The van der Waals surface area contributed by atoms with E-state index in [-0.39, 0.29) is 5.54 Å². The van der Waals surface area contributed by atoms with E-state index in [1.807, 2.05) is 11.8 Å². The SMILES string of the molecule is CCC(C)(C)NCC(C)SCc1cc(C)cc(C)c1. The minimum Gasteiger partial charge on any atom is -0.311 e. The Kier molecular flexibility index (Phi) is 6.41. The standard InChI is InChI=1S/C17H29NS/c1-7-17(5,6)18-11-15(4)19-12-16-9-13(2)8-14(3)10-16/h8-10,15,18H,7,11-12H2,1-6H3.